The number of hydrogen-bond donors (Lipinski definition) is 1. The number of methoxy groups -OCH3 is 1. The molecule has 1 aromatic heterocycles. The molecule has 0 aliphatic carbocycles. The van der Waals surface area contributed by atoms with E-state index < -0.39 is 0 Å². The standard InChI is InChI=1S/C8H13N3O/c1-6(2)11-7-4-8(12-3)10-5-9-7/h4-6H,1-3H3,(H,9,10,11). The molecule has 0 saturated carbocycles. The van der Waals surface area contributed by atoms with E-state index in [4.69, 9.17) is 4.74 Å². The summed E-state index contributed by atoms with van der Waals surface area (Å²) in [6, 6.07) is 2.13. The second kappa shape index (κ2) is 3.90. The highest BCUT2D eigenvalue weighted by atomic mass is 16.5. The van der Waals surface area contributed by atoms with Crippen molar-refractivity contribution in [3.63, 3.8) is 0 Å². The maximum Gasteiger partial charge on any atom is 0.218 e. The molecule has 1 rings (SSSR count). The highest BCUT2D eigenvalue weighted by Gasteiger charge is 1.98. The predicted molar refractivity (Wildman–Crippen MR) is 47.3 cm³/mol. The van der Waals surface area contributed by atoms with Gasteiger partial charge < -0.3 is 10.1 Å². The molecule has 0 aliphatic heterocycles. The van der Waals surface area contributed by atoms with Crippen LogP contribution in [-0.4, -0.2) is 23.1 Å². The van der Waals surface area contributed by atoms with Crippen LogP contribution in [0.3, 0.4) is 0 Å². The minimum Gasteiger partial charge on any atom is -0.481 e. The topological polar surface area (TPSA) is 47.0 Å². The lowest BCUT2D eigenvalue weighted by atomic mass is 10.4. The molecule has 1 N–H and O–H groups in total. The number of rotatable bonds is 3. The quantitative estimate of drug-likeness (QED) is 0.737. The minimum absolute atomic E-state index is 0.365. The fourth-order valence-corrected chi connectivity index (χ4v) is 0.826. The van der Waals surface area contributed by atoms with Gasteiger partial charge in [-0.05, 0) is 13.8 Å². The van der Waals surface area contributed by atoms with Crippen molar-refractivity contribution in [2.45, 2.75) is 19.9 Å². The Bertz CT molecular complexity index is 250. The molecule has 1 aromatic rings. The Kier molecular flexibility index (Phi) is 2.85. The monoisotopic (exact) mass is 167 g/mol. The van der Waals surface area contributed by atoms with E-state index >= 15 is 0 Å². The maximum absolute atomic E-state index is 4.95. The summed E-state index contributed by atoms with van der Waals surface area (Å²) in [7, 11) is 1.58. The smallest absolute Gasteiger partial charge is 0.218 e. The number of ether oxygens (including phenoxy) is 1. The summed E-state index contributed by atoms with van der Waals surface area (Å²) < 4.78 is 4.95. The van der Waals surface area contributed by atoms with Gasteiger partial charge >= 0.3 is 0 Å². The number of nitrogens with zero attached hydrogens (tertiary/aromatic N) is 2. The molecule has 66 valence electrons. The third-order valence-electron chi connectivity index (χ3n) is 1.29. The summed E-state index contributed by atoms with van der Waals surface area (Å²) in [5, 5.41) is 3.15. The summed E-state index contributed by atoms with van der Waals surface area (Å²) in [5.41, 5.74) is 0. The number of hydrogen-bond acceptors (Lipinski definition) is 4. The Morgan fingerprint density at radius 1 is 1.42 bits per heavy atom. The number of nitrogens with one attached hydrogen (secondary N) is 1. The lowest BCUT2D eigenvalue weighted by Crippen LogP contribution is -2.11. The van der Waals surface area contributed by atoms with Gasteiger partial charge in [-0.25, -0.2) is 9.97 Å². The summed E-state index contributed by atoms with van der Waals surface area (Å²) >= 11 is 0. The molecule has 4 heteroatoms. The fraction of sp³-hybridized carbons (Fsp3) is 0.500. The molecule has 0 saturated heterocycles. The van der Waals surface area contributed by atoms with Crippen molar-refractivity contribution in [3.05, 3.63) is 12.4 Å². The van der Waals surface area contributed by atoms with Crippen LogP contribution in [-0.2, 0) is 0 Å². The summed E-state index contributed by atoms with van der Waals surface area (Å²) in [5.74, 6) is 1.37. The van der Waals surface area contributed by atoms with E-state index in [9.17, 15) is 0 Å². The largest absolute Gasteiger partial charge is 0.481 e. The molecule has 0 radical (unpaired) electrons. The molecule has 0 spiro atoms. The van der Waals surface area contributed by atoms with Crippen molar-refractivity contribution in [2.24, 2.45) is 0 Å². The van der Waals surface area contributed by atoms with Crippen molar-refractivity contribution in [2.75, 3.05) is 12.4 Å². The first kappa shape index (κ1) is 8.77. The van der Waals surface area contributed by atoms with Gasteiger partial charge in [-0.3, -0.25) is 0 Å². The molecular formula is C8H13N3O. The molecule has 4 nitrogen and oxygen atoms in total. The van der Waals surface area contributed by atoms with Crippen LogP contribution in [0.2, 0.25) is 0 Å². The molecule has 0 unspecified atom stereocenters. The summed E-state index contributed by atoms with van der Waals surface area (Å²) in [6.07, 6.45) is 1.48. The van der Waals surface area contributed by atoms with Gasteiger partial charge in [0.25, 0.3) is 0 Å². The van der Waals surface area contributed by atoms with Crippen LogP contribution in [0.1, 0.15) is 13.8 Å². The van der Waals surface area contributed by atoms with Crippen LogP contribution in [0, 0.1) is 0 Å². The lowest BCUT2D eigenvalue weighted by Gasteiger charge is -2.08. The first-order valence-corrected chi connectivity index (χ1v) is 3.85. The van der Waals surface area contributed by atoms with E-state index in [1.165, 1.54) is 6.33 Å². The second-order valence-corrected chi connectivity index (χ2v) is 2.74. The zero-order valence-electron chi connectivity index (χ0n) is 7.53. The van der Waals surface area contributed by atoms with Crippen molar-refractivity contribution < 1.29 is 4.74 Å². The molecule has 0 fully saturated rings. The molecule has 0 atom stereocenters. The zero-order valence-corrected chi connectivity index (χ0v) is 7.53. The lowest BCUT2D eigenvalue weighted by molar-refractivity contribution is 0.397. The average molecular weight is 167 g/mol. The van der Waals surface area contributed by atoms with E-state index in [2.05, 4.69) is 29.1 Å². The Labute approximate surface area is 72.0 Å². The van der Waals surface area contributed by atoms with E-state index in [0.717, 1.165) is 5.82 Å². The normalized spacial score (nSPS) is 10.0. The van der Waals surface area contributed by atoms with Gasteiger partial charge in [0.2, 0.25) is 5.88 Å². The fourth-order valence-electron chi connectivity index (χ4n) is 0.826. The molecule has 0 amide bonds. The highest BCUT2D eigenvalue weighted by Crippen LogP contribution is 2.10. The molecular weight excluding hydrogens is 154 g/mol. The van der Waals surface area contributed by atoms with Gasteiger partial charge in [0.05, 0.1) is 7.11 Å². The molecule has 1 heterocycles. The Hall–Kier alpha value is -1.32. The predicted octanol–water partition coefficient (Wildman–Crippen LogP) is 1.31. The average Bonchev–Trinajstić information content (AvgIpc) is 2.03. The number of aromatic nitrogens is 2. The van der Waals surface area contributed by atoms with Crippen LogP contribution in [0.5, 0.6) is 5.88 Å². The van der Waals surface area contributed by atoms with E-state index in [1.54, 1.807) is 13.2 Å². The van der Waals surface area contributed by atoms with Crippen LogP contribution in [0.25, 0.3) is 0 Å². The van der Waals surface area contributed by atoms with Crippen LogP contribution in [0.4, 0.5) is 5.82 Å². The van der Waals surface area contributed by atoms with E-state index in [-0.39, 0.29) is 0 Å². The number of anilines is 1. The van der Waals surface area contributed by atoms with Gasteiger partial charge in [0, 0.05) is 12.1 Å². The SMILES string of the molecule is COc1cc(NC(C)C)ncn1. The van der Waals surface area contributed by atoms with Gasteiger partial charge in [-0.2, -0.15) is 0 Å². The highest BCUT2D eigenvalue weighted by molar-refractivity contribution is 5.37. The van der Waals surface area contributed by atoms with Crippen molar-refractivity contribution in [1.82, 2.24) is 9.97 Å². The Balaban J connectivity index is 2.72. The molecule has 12 heavy (non-hydrogen) atoms. The van der Waals surface area contributed by atoms with Crippen LogP contribution in [0.15, 0.2) is 12.4 Å². The Morgan fingerprint density at radius 2 is 2.17 bits per heavy atom. The van der Waals surface area contributed by atoms with Crippen LogP contribution < -0.4 is 10.1 Å². The van der Waals surface area contributed by atoms with Gasteiger partial charge in [-0.1, -0.05) is 0 Å². The van der Waals surface area contributed by atoms with E-state index in [1.807, 2.05) is 0 Å². The second-order valence-electron chi connectivity index (χ2n) is 2.74. The first-order chi connectivity index (χ1) is 5.72. The third-order valence-corrected chi connectivity index (χ3v) is 1.29. The molecule has 0 bridgehead atoms. The van der Waals surface area contributed by atoms with Crippen molar-refractivity contribution >= 4 is 5.82 Å². The molecule has 0 aromatic carbocycles. The minimum atomic E-state index is 0.365. The zero-order chi connectivity index (χ0) is 8.97. The molecule has 0 aliphatic rings. The first-order valence-electron chi connectivity index (χ1n) is 3.85. The van der Waals surface area contributed by atoms with Crippen LogP contribution >= 0.6 is 0 Å². The Morgan fingerprint density at radius 3 is 2.75 bits per heavy atom. The van der Waals surface area contributed by atoms with E-state index in [0.29, 0.717) is 11.9 Å². The van der Waals surface area contributed by atoms with Crippen molar-refractivity contribution in [1.29, 1.82) is 0 Å². The van der Waals surface area contributed by atoms with Gasteiger partial charge in [0.1, 0.15) is 12.1 Å². The maximum atomic E-state index is 4.95. The third kappa shape index (κ3) is 2.38. The van der Waals surface area contributed by atoms with Crippen molar-refractivity contribution in [3.8, 4) is 5.88 Å². The summed E-state index contributed by atoms with van der Waals surface area (Å²) in [6.45, 7) is 4.10. The van der Waals surface area contributed by atoms with Gasteiger partial charge in [-0.15, -0.1) is 0 Å². The summed E-state index contributed by atoms with van der Waals surface area (Å²) in [4.78, 5) is 7.92. The van der Waals surface area contributed by atoms with Gasteiger partial charge in [0.15, 0.2) is 0 Å².